The minimum absolute atomic E-state index is 0.109. The van der Waals surface area contributed by atoms with Crippen LogP contribution in [-0.2, 0) is 6.18 Å². The summed E-state index contributed by atoms with van der Waals surface area (Å²) in [4.78, 5) is 14.2. The van der Waals surface area contributed by atoms with Crippen LogP contribution in [0.5, 0.6) is 0 Å². The summed E-state index contributed by atoms with van der Waals surface area (Å²) < 4.78 is 37.5. The summed E-state index contributed by atoms with van der Waals surface area (Å²) in [6, 6.07) is 7.51. The van der Waals surface area contributed by atoms with Crippen LogP contribution in [0.25, 0.3) is 0 Å². The van der Waals surface area contributed by atoms with Crippen molar-refractivity contribution in [2.24, 2.45) is 0 Å². The van der Waals surface area contributed by atoms with Gasteiger partial charge in [0.2, 0.25) is 0 Å². The van der Waals surface area contributed by atoms with Gasteiger partial charge in [0.15, 0.2) is 11.5 Å². The van der Waals surface area contributed by atoms with Crippen molar-refractivity contribution in [1.29, 1.82) is 0 Å². The number of rotatable bonds is 3. The second kappa shape index (κ2) is 6.46. The first-order valence-electron chi connectivity index (χ1n) is 7.51. The molecule has 8 heteroatoms. The maximum Gasteiger partial charge on any atom is 0.416 e. The van der Waals surface area contributed by atoms with Gasteiger partial charge in [-0.3, -0.25) is 4.79 Å². The molecule has 0 saturated carbocycles. The highest BCUT2D eigenvalue weighted by atomic mass is 19.4. The van der Waals surface area contributed by atoms with Crippen LogP contribution in [0.1, 0.15) is 28.9 Å². The SMILES string of the molecule is O=C(Nc1ccc(C(F)(F)F)cc1)c1ccc(N2CCCC2)nn1. The van der Waals surface area contributed by atoms with Crippen LogP contribution in [-0.4, -0.2) is 29.2 Å². The van der Waals surface area contributed by atoms with E-state index in [0.717, 1.165) is 43.9 Å². The number of carbonyl (C=O) groups is 1. The minimum Gasteiger partial charge on any atom is -0.355 e. The number of hydrogen-bond donors (Lipinski definition) is 1. The van der Waals surface area contributed by atoms with E-state index in [9.17, 15) is 18.0 Å². The van der Waals surface area contributed by atoms with Gasteiger partial charge in [0, 0.05) is 18.8 Å². The highest BCUT2D eigenvalue weighted by Crippen LogP contribution is 2.29. The number of nitrogens with one attached hydrogen (secondary N) is 1. The van der Waals surface area contributed by atoms with Gasteiger partial charge in [-0.2, -0.15) is 13.2 Å². The molecule has 24 heavy (non-hydrogen) atoms. The second-order valence-corrected chi connectivity index (χ2v) is 5.50. The number of nitrogens with zero attached hydrogens (tertiary/aromatic N) is 3. The Morgan fingerprint density at radius 3 is 2.21 bits per heavy atom. The molecule has 1 aliphatic heterocycles. The molecule has 1 aromatic heterocycles. The third-order valence-electron chi connectivity index (χ3n) is 3.78. The summed E-state index contributed by atoms with van der Waals surface area (Å²) in [6.45, 7) is 1.84. The van der Waals surface area contributed by atoms with Crippen molar-refractivity contribution >= 4 is 17.4 Å². The molecule has 1 aromatic carbocycles. The number of carbonyl (C=O) groups excluding carboxylic acids is 1. The van der Waals surface area contributed by atoms with E-state index in [2.05, 4.69) is 20.4 Å². The predicted octanol–water partition coefficient (Wildman–Crippen LogP) is 3.35. The third-order valence-corrected chi connectivity index (χ3v) is 3.78. The fraction of sp³-hybridized carbons (Fsp3) is 0.312. The predicted molar refractivity (Wildman–Crippen MR) is 82.9 cm³/mol. The van der Waals surface area contributed by atoms with E-state index in [4.69, 9.17) is 0 Å². The molecule has 2 aromatic rings. The van der Waals surface area contributed by atoms with Crippen molar-refractivity contribution in [3.8, 4) is 0 Å². The Kier molecular flexibility index (Phi) is 4.37. The smallest absolute Gasteiger partial charge is 0.355 e. The number of halogens is 3. The van der Waals surface area contributed by atoms with Gasteiger partial charge in [-0.1, -0.05) is 0 Å². The molecular weight excluding hydrogens is 321 g/mol. The van der Waals surface area contributed by atoms with Gasteiger partial charge in [-0.05, 0) is 49.2 Å². The quantitative estimate of drug-likeness (QED) is 0.934. The van der Waals surface area contributed by atoms with E-state index in [0.29, 0.717) is 0 Å². The minimum atomic E-state index is -4.40. The summed E-state index contributed by atoms with van der Waals surface area (Å²) >= 11 is 0. The van der Waals surface area contributed by atoms with Crippen molar-refractivity contribution in [3.63, 3.8) is 0 Å². The molecule has 0 aliphatic carbocycles. The van der Waals surface area contributed by atoms with Gasteiger partial charge in [-0.25, -0.2) is 0 Å². The third kappa shape index (κ3) is 3.64. The number of anilines is 2. The van der Waals surface area contributed by atoms with Crippen LogP contribution in [0.2, 0.25) is 0 Å². The van der Waals surface area contributed by atoms with Crippen LogP contribution in [0.4, 0.5) is 24.7 Å². The van der Waals surface area contributed by atoms with Crippen LogP contribution in [0.3, 0.4) is 0 Å². The molecule has 3 rings (SSSR count). The fourth-order valence-electron chi connectivity index (χ4n) is 2.50. The first-order chi connectivity index (χ1) is 11.4. The molecule has 1 fully saturated rings. The molecule has 0 bridgehead atoms. The number of aromatic nitrogens is 2. The van der Waals surface area contributed by atoms with E-state index in [-0.39, 0.29) is 11.4 Å². The average Bonchev–Trinajstić information content (AvgIpc) is 3.09. The average molecular weight is 336 g/mol. The largest absolute Gasteiger partial charge is 0.416 e. The van der Waals surface area contributed by atoms with Gasteiger partial charge < -0.3 is 10.2 Å². The number of alkyl halides is 3. The van der Waals surface area contributed by atoms with Crippen LogP contribution in [0, 0.1) is 0 Å². The molecule has 0 unspecified atom stereocenters. The summed E-state index contributed by atoms with van der Waals surface area (Å²) in [5, 5.41) is 10.4. The summed E-state index contributed by atoms with van der Waals surface area (Å²) in [7, 11) is 0. The second-order valence-electron chi connectivity index (χ2n) is 5.50. The highest BCUT2D eigenvalue weighted by molar-refractivity contribution is 6.02. The molecule has 0 atom stereocenters. The molecular formula is C16H15F3N4O. The molecule has 1 amide bonds. The van der Waals surface area contributed by atoms with Gasteiger partial charge in [0.1, 0.15) is 0 Å². The Morgan fingerprint density at radius 2 is 1.67 bits per heavy atom. The zero-order chi connectivity index (χ0) is 17.2. The Hall–Kier alpha value is -2.64. The van der Waals surface area contributed by atoms with Gasteiger partial charge in [0.25, 0.3) is 5.91 Å². The molecule has 2 heterocycles. The Labute approximate surface area is 136 Å². The molecule has 0 radical (unpaired) electrons. The van der Waals surface area contributed by atoms with E-state index in [1.54, 1.807) is 12.1 Å². The highest BCUT2D eigenvalue weighted by Gasteiger charge is 2.30. The number of amides is 1. The molecule has 1 saturated heterocycles. The maximum absolute atomic E-state index is 12.5. The van der Waals surface area contributed by atoms with E-state index < -0.39 is 17.6 Å². The van der Waals surface area contributed by atoms with Crippen LogP contribution < -0.4 is 10.2 Å². The Morgan fingerprint density at radius 1 is 1.00 bits per heavy atom. The van der Waals surface area contributed by atoms with Crippen molar-refractivity contribution in [3.05, 3.63) is 47.7 Å². The van der Waals surface area contributed by atoms with Crippen molar-refractivity contribution in [2.75, 3.05) is 23.3 Å². The zero-order valence-corrected chi connectivity index (χ0v) is 12.7. The first-order valence-corrected chi connectivity index (χ1v) is 7.51. The number of hydrogen-bond acceptors (Lipinski definition) is 4. The van der Waals surface area contributed by atoms with Crippen LogP contribution >= 0.6 is 0 Å². The zero-order valence-electron chi connectivity index (χ0n) is 12.7. The standard InChI is InChI=1S/C16H15F3N4O/c17-16(18,19)11-3-5-12(6-4-11)20-15(24)13-7-8-14(22-21-13)23-9-1-2-10-23/h3-8H,1-2,9-10H2,(H,20,24). The lowest BCUT2D eigenvalue weighted by molar-refractivity contribution is -0.137. The molecule has 0 spiro atoms. The normalized spacial score (nSPS) is 14.7. The molecule has 1 aliphatic rings. The summed E-state index contributed by atoms with van der Waals surface area (Å²) in [6.07, 6.45) is -2.19. The lowest BCUT2D eigenvalue weighted by Gasteiger charge is -2.15. The maximum atomic E-state index is 12.5. The lowest BCUT2D eigenvalue weighted by atomic mass is 10.2. The summed E-state index contributed by atoms with van der Waals surface area (Å²) in [5.41, 5.74) is -0.397. The van der Waals surface area contributed by atoms with E-state index in [1.165, 1.54) is 12.1 Å². The van der Waals surface area contributed by atoms with Gasteiger partial charge in [0.05, 0.1) is 5.56 Å². The van der Waals surface area contributed by atoms with Crippen molar-refractivity contribution in [1.82, 2.24) is 10.2 Å². The van der Waals surface area contributed by atoms with Gasteiger partial charge >= 0.3 is 6.18 Å². The van der Waals surface area contributed by atoms with Gasteiger partial charge in [-0.15, -0.1) is 10.2 Å². The van der Waals surface area contributed by atoms with Crippen LogP contribution in [0.15, 0.2) is 36.4 Å². The molecule has 126 valence electrons. The monoisotopic (exact) mass is 336 g/mol. The van der Waals surface area contributed by atoms with Crippen molar-refractivity contribution in [2.45, 2.75) is 19.0 Å². The molecule has 5 nitrogen and oxygen atoms in total. The van der Waals surface area contributed by atoms with E-state index >= 15 is 0 Å². The number of benzene rings is 1. The molecule has 1 N–H and O–H groups in total. The topological polar surface area (TPSA) is 58.1 Å². The fourth-order valence-corrected chi connectivity index (χ4v) is 2.50. The first kappa shape index (κ1) is 16.2. The van der Waals surface area contributed by atoms with E-state index in [1.807, 2.05) is 0 Å². The lowest BCUT2D eigenvalue weighted by Crippen LogP contribution is -2.21. The summed E-state index contributed by atoms with van der Waals surface area (Å²) in [5.74, 6) is 0.203. The van der Waals surface area contributed by atoms with Crippen molar-refractivity contribution < 1.29 is 18.0 Å². The Balaban J connectivity index is 1.66. The Bertz CT molecular complexity index is 708.